The van der Waals surface area contributed by atoms with E-state index in [1.54, 1.807) is 0 Å². The molecule has 2 heteroatoms. The summed E-state index contributed by atoms with van der Waals surface area (Å²) in [4.78, 5) is 11.1. The molecule has 2 fully saturated rings. The molecule has 1 atom stereocenters. The Kier molecular flexibility index (Phi) is 2.33. The standard InChI is InChI=1S/C10H17NO/c12-10-6-5-8(9-3-4-9)2-1-7-11-10/h8-9H,1-7H2,(H,11,12). The molecular formula is C10H17NO. The van der Waals surface area contributed by atoms with Gasteiger partial charge in [0.15, 0.2) is 0 Å². The highest BCUT2D eigenvalue weighted by molar-refractivity contribution is 5.75. The highest BCUT2D eigenvalue weighted by Crippen LogP contribution is 2.41. The number of hydrogen-bond donors (Lipinski definition) is 1. The van der Waals surface area contributed by atoms with Crippen molar-refractivity contribution in [3.8, 4) is 0 Å². The van der Waals surface area contributed by atoms with E-state index in [1.807, 2.05) is 0 Å². The lowest BCUT2D eigenvalue weighted by Crippen LogP contribution is -2.27. The van der Waals surface area contributed by atoms with Crippen molar-refractivity contribution in [1.82, 2.24) is 5.32 Å². The molecule has 1 unspecified atom stereocenters. The Balaban J connectivity index is 1.84. The molecule has 1 N–H and O–H groups in total. The lowest BCUT2D eigenvalue weighted by atomic mass is 9.91. The average Bonchev–Trinajstić information content (AvgIpc) is 2.81. The van der Waals surface area contributed by atoms with Gasteiger partial charge in [0.05, 0.1) is 0 Å². The van der Waals surface area contributed by atoms with Crippen LogP contribution >= 0.6 is 0 Å². The van der Waals surface area contributed by atoms with Crippen molar-refractivity contribution in [2.24, 2.45) is 11.8 Å². The Morgan fingerprint density at radius 2 is 1.83 bits per heavy atom. The van der Waals surface area contributed by atoms with Crippen molar-refractivity contribution in [1.29, 1.82) is 0 Å². The summed E-state index contributed by atoms with van der Waals surface area (Å²) in [6.07, 6.45) is 7.27. The molecule has 68 valence electrons. The molecule has 0 radical (unpaired) electrons. The third kappa shape index (κ3) is 1.99. The Bertz CT molecular complexity index is 175. The minimum atomic E-state index is 0.264. The van der Waals surface area contributed by atoms with Gasteiger partial charge in [0.2, 0.25) is 5.91 Å². The third-order valence-electron chi connectivity index (χ3n) is 3.10. The minimum absolute atomic E-state index is 0.264. The van der Waals surface area contributed by atoms with Crippen molar-refractivity contribution in [3.05, 3.63) is 0 Å². The Labute approximate surface area is 73.7 Å². The molecule has 1 aliphatic carbocycles. The molecular weight excluding hydrogens is 150 g/mol. The van der Waals surface area contributed by atoms with Crippen molar-refractivity contribution in [3.63, 3.8) is 0 Å². The second-order valence-electron chi connectivity index (χ2n) is 4.13. The number of rotatable bonds is 1. The fraction of sp³-hybridized carbons (Fsp3) is 0.900. The smallest absolute Gasteiger partial charge is 0.220 e. The zero-order valence-corrected chi connectivity index (χ0v) is 7.51. The molecule has 1 saturated carbocycles. The maximum Gasteiger partial charge on any atom is 0.220 e. The summed E-state index contributed by atoms with van der Waals surface area (Å²) in [5.74, 6) is 2.12. The van der Waals surface area contributed by atoms with Crippen LogP contribution < -0.4 is 5.32 Å². The number of amides is 1. The van der Waals surface area contributed by atoms with E-state index in [0.29, 0.717) is 0 Å². The lowest BCUT2D eigenvalue weighted by Gasteiger charge is -2.19. The first-order chi connectivity index (χ1) is 5.86. The third-order valence-corrected chi connectivity index (χ3v) is 3.10. The summed E-state index contributed by atoms with van der Waals surface area (Å²) >= 11 is 0. The van der Waals surface area contributed by atoms with E-state index >= 15 is 0 Å². The van der Waals surface area contributed by atoms with Gasteiger partial charge in [-0.15, -0.1) is 0 Å². The highest BCUT2D eigenvalue weighted by Gasteiger charge is 2.31. The summed E-state index contributed by atoms with van der Waals surface area (Å²) in [6.45, 7) is 0.905. The van der Waals surface area contributed by atoms with E-state index in [1.165, 1.54) is 25.7 Å². The van der Waals surface area contributed by atoms with Crippen LogP contribution in [0.5, 0.6) is 0 Å². The summed E-state index contributed by atoms with van der Waals surface area (Å²) < 4.78 is 0. The van der Waals surface area contributed by atoms with Crippen molar-refractivity contribution in [2.75, 3.05) is 6.54 Å². The topological polar surface area (TPSA) is 29.1 Å². The van der Waals surface area contributed by atoms with Crippen molar-refractivity contribution < 1.29 is 4.79 Å². The molecule has 1 saturated heterocycles. The second kappa shape index (κ2) is 3.46. The molecule has 0 aromatic rings. The zero-order valence-electron chi connectivity index (χ0n) is 7.51. The van der Waals surface area contributed by atoms with Crippen LogP contribution in [0.25, 0.3) is 0 Å². The van der Waals surface area contributed by atoms with Crippen LogP contribution in [-0.2, 0) is 4.79 Å². The van der Waals surface area contributed by atoms with Crippen LogP contribution in [-0.4, -0.2) is 12.5 Å². The monoisotopic (exact) mass is 167 g/mol. The number of hydrogen-bond acceptors (Lipinski definition) is 1. The van der Waals surface area contributed by atoms with Crippen LogP contribution in [0.3, 0.4) is 0 Å². The lowest BCUT2D eigenvalue weighted by molar-refractivity contribution is -0.121. The van der Waals surface area contributed by atoms with Gasteiger partial charge in [-0.3, -0.25) is 4.79 Å². The molecule has 2 aliphatic rings. The summed E-state index contributed by atoms with van der Waals surface area (Å²) in [7, 11) is 0. The van der Waals surface area contributed by atoms with Crippen LogP contribution in [0.1, 0.15) is 38.5 Å². The van der Waals surface area contributed by atoms with Gasteiger partial charge in [-0.1, -0.05) is 0 Å². The maximum atomic E-state index is 11.1. The van der Waals surface area contributed by atoms with Crippen LogP contribution in [0, 0.1) is 11.8 Å². The van der Waals surface area contributed by atoms with Crippen LogP contribution in [0.4, 0.5) is 0 Å². The number of carbonyl (C=O) groups is 1. The van der Waals surface area contributed by atoms with Gasteiger partial charge in [-0.25, -0.2) is 0 Å². The van der Waals surface area contributed by atoms with E-state index < -0.39 is 0 Å². The highest BCUT2D eigenvalue weighted by atomic mass is 16.1. The summed E-state index contributed by atoms with van der Waals surface area (Å²) in [5.41, 5.74) is 0. The van der Waals surface area contributed by atoms with Crippen LogP contribution in [0.15, 0.2) is 0 Å². The molecule has 1 heterocycles. The fourth-order valence-electron chi connectivity index (χ4n) is 2.18. The first-order valence-electron chi connectivity index (χ1n) is 5.13. The van der Waals surface area contributed by atoms with Crippen molar-refractivity contribution >= 4 is 5.91 Å². The molecule has 2 nitrogen and oxygen atoms in total. The van der Waals surface area contributed by atoms with Gasteiger partial charge in [-0.2, -0.15) is 0 Å². The van der Waals surface area contributed by atoms with E-state index in [9.17, 15) is 4.79 Å². The fourth-order valence-corrected chi connectivity index (χ4v) is 2.18. The molecule has 1 amide bonds. The average molecular weight is 167 g/mol. The number of nitrogens with one attached hydrogen (secondary N) is 1. The van der Waals surface area contributed by atoms with E-state index in [4.69, 9.17) is 0 Å². The molecule has 0 aromatic carbocycles. The van der Waals surface area contributed by atoms with Gasteiger partial charge in [0.25, 0.3) is 0 Å². The van der Waals surface area contributed by atoms with E-state index in [-0.39, 0.29) is 5.91 Å². The van der Waals surface area contributed by atoms with Crippen molar-refractivity contribution in [2.45, 2.75) is 38.5 Å². The number of carbonyl (C=O) groups excluding carboxylic acids is 1. The predicted molar refractivity (Wildman–Crippen MR) is 47.7 cm³/mol. The van der Waals surface area contributed by atoms with E-state index in [0.717, 1.165) is 31.2 Å². The zero-order chi connectivity index (χ0) is 8.39. The molecule has 1 aliphatic heterocycles. The Morgan fingerprint density at radius 3 is 2.58 bits per heavy atom. The van der Waals surface area contributed by atoms with Gasteiger partial charge < -0.3 is 5.32 Å². The van der Waals surface area contributed by atoms with Gasteiger partial charge in [0, 0.05) is 13.0 Å². The van der Waals surface area contributed by atoms with Gasteiger partial charge >= 0.3 is 0 Å². The first kappa shape index (κ1) is 8.09. The first-order valence-corrected chi connectivity index (χ1v) is 5.13. The SMILES string of the molecule is O=C1CCC(C2CC2)CCCN1. The predicted octanol–water partition coefficient (Wildman–Crippen LogP) is 1.70. The Hall–Kier alpha value is -0.530. The molecule has 0 bridgehead atoms. The quantitative estimate of drug-likeness (QED) is 0.632. The Morgan fingerprint density at radius 1 is 1.08 bits per heavy atom. The normalized spacial score (nSPS) is 32.0. The summed E-state index contributed by atoms with van der Waals surface area (Å²) in [6, 6.07) is 0. The second-order valence-corrected chi connectivity index (χ2v) is 4.13. The summed E-state index contributed by atoms with van der Waals surface area (Å²) in [5, 5.41) is 2.93. The molecule has 0 spiro atoms. The minimum Gasteiger partial charge on any atom is -0.356 e. The largest absolute Gasteiger partial charge is 0.356 e. The van der Waals surface area contributed by atoms with Gasteiger partial charge in [0.1, 0.15) is 0 Å². The van der Waals surface area contributed by atoms with E-state index in [2.05, 4.69) is 5.32 Å². The molecule has 0 aromatic heterocycles. The maximum absolute atomic E-state index is 11.1. The molecule has 2 rings (SSSR count). The van der Waals surface area contributed by atoms with Gasteiger partial charge in [-0.05, 0) is 43.9 Å². The van der Waals surface area contributed by atoms with Crippen LogP contribution in [0.2, 0.25) is 0 Å². The molecule has 12 heavy (non-hydrogen) atoms.